The molecule has 0 aliphatic heterocycles. The van der Waals surface area contributed by atoms with Gasteiger partial charge in [0.25, 0.3) is 15.6 Å². The highest BCUT2D eigenvalue weighted by Crippen LogP contribution is 2.24. The molecule has 0 spiro atoms. The minimum absolute atomic E-state index is 0.0134. The molecular formula is C14H10N6O3S. The molecule has 0 aliphatic rings. The second-order valence-electron chi connectivity index (χ2n) is 5.00. The monoisotopic (exact) mass is 342 g/mol. The SMILES string of the molecule is Nc1nc2c(ncn2S(=O)(=O)c2cccc3cccnc23)c(=O)[nH]1. The molecule has 0 radical (unpaired) electrons. The molecular weight excluding hydrogens is 332 g/mol. The van der Waals surface area contributed by atoms with Gasteiger partial charge in [0.2, 0.25) is 5.95 Å². The van der Waals surface area contributed by atoms with Crippen LogP contribution in [-0.2, 0) is 10.0 Å². The quantitative estimate of drug-likeness (QED) is 0.541. The first kappa shape index (κ1) is 14.3. The Morgan fingerprint density at radius 2 is 1.88 bits per heavy atom. The lowest BCUT2D eigenvalue weighted by molar-refractivity contribution is 0.589. The number of imidazole rings is 1. The number of nitrogen functional groups attached to an aromatic ring is 1. The van der Waals surface area contributed by atoms with Crippen molar-refractivity contribution in [1.29, 1.82) is 0 Å². The first-order valence-electron chi connectivity index (χ1n) is 6.80. The van der Waals surface area contributed by atoms with E-state index < -0.39 is 15.6 Å². The van der Waals surface area contributed by atoms with Crippen LogP contribution in [0, 0.1) is 0 Å². The van der Waals surface area contributed by atoms with Crippen LogP contribution in [0.2, 0.25) is 0 Å². The first-order valence-corrected chi connectivity index (χ1v) is 8.24. The zero-order valence-electron chi connectivity index (χ0n) is 12.0. The number of aromatic amines is 1. The lowest BCUT2D eigenvalue weighted by Gasteiger charge is -2.08. The van der Waals surface area contributed by atoms with E-state index in [1.807, 2.05) is 0 Å². The number of nitrogens with two attached hydrogens (primary N) is 1. The van der Waals surface area contributed by atoms with Crippen LogP contribution in [0.3, 0.4) is 0 Å². The maximum atomic E-state index is 13.0. The molecule has 3 aromatic heterocycles. The molecule has 3 N–H and O–H groups in total. The fourth-order valence-electron chi connectivity index (χ4n) is 2.47. The Balaban J connectivity index is 2.07. The number of aromatic nitrogens is 5. The molecule has 0 amide bonds. The molecule has 0 unspecified atom stereocenters. The third-order valence-electron chi connectivity index (χ3n) is 3.53. The van der Waals surface area contributed by atoms with Crippen LogP contribution in [0.4, 0.5) is 5.95 Å². The summed E-state index contributed by atoms with van der Waals surface area (Å²) in [4.78, 5) is 26.0. The molecule has 0 saturated heterocycles. The van der Waals surface area contributed by atoms with Crippen LogP contribution < -0.4 is 11.3 Å². The topological polar surface area (TPSA) is 137 Å². The molecule has 3 heterocycles. The van der Waals surface area contributed by atoms with Crippen molar-refractivity contribution in [1.82, 2.24) is 23.9 Å². The number of pyridine rings is 1. The Kier molecular flexibility index (Phi) is 2.90. The van der Waals surface area contributed by atoms with Crippen molar-refractivity contribution in [3.63, 3.8) is 0 Å². The highest BCUT2D eigenvalue weighted by atomic mass is 32.2. The van der Waals surface area contributed by atoms with Gasteiger partial charge in [0, 0.05) is 11.6 Å². The predicted molar refractivity (Wildman–Crippen MR) is 86.9 cm³/mol. The average Bonchev–Trinajstić information content (AvgIpc) is 2.99. The summed E-state index contributed by atoms with van der Waals surface area (Å²) in [6, 6.07) is 8.29. The number of rotatable bonds is 2. The van der Waals surface area contributed by atoms with Crippen molar-refractivity contribution < 1.29 is 8.42 Å². The van der Waals surface area contributed by atoms with Gasteiger partial charge in [0.15, 0.2) is 11.2 Å². The summed E-state index contributed by atoms with van der Waals surface area (Å²) < 4.78 is 26.9. The number of nitrogens with zero attached hydrogens (tertiary/aromatic N) is 4. The fraction of sp³-hybridized carbons (Fsp3) is 0. The Labute approximate surface area is 134 Å². The molecule has 0 fully saturated rings. The Bertz CT molecular complexity index is 1250. The van der Waals surface area contributed by atoms with Crippen molar-refractivity contribution in [2.24, 2.45) is 0 Å². The summed E-state index contributed by atoms with van der Waals surface area (Å²) in [6.07, 6.45) is 2.54. The molecule has 4 aromatic rings. The lowest BCUT2D eigenvalue weighted by atomic mass is 10.2. The fourth-order valence-corrected chi connectivity index (χ4v) is 3.88. The van der Waals surface area contributed by atoms with Gasteiger partial charge in [-0.25, -0.2) is 17.4 Å². The summed E-state index contributed by atoms with van der Waals surface area (Å²) in [5, 5.41) is 0.674. The molecule has 10 heteroatoms. The van der Waals surface area contributed by atoms with E-state index in [2.05, 4.69) is 19.9 Å². The van der Waals surface area contributed by atoms with E-state index in [4.69, 9.17) is 5.73 Å². The number of nitrogens with one attached hydrogen (secondary N) is 1. The third-order valence-corrected chi connectivity index (χ3v) is 5.20. The number of hydrogen-bond acceptors (Lipinski definition) is 7. The van der Waals surface area contributed by atoms with Crippen molar-refractivity contribution in [3.8, 4) is 0 Å². The molecule has 0 saturated carbocycles. The van der Waals surface area contributed by atoms with E-state index in [0.717, 1.165) is 10.3 Å². The number of fused-ring (bicyclic) bond motifs is 2. The van der Waals surface area contributed by atoms with Crippen LogP contribution in [-0.4, -0.2) is 32.3 Å². The van der Waals surface area contributed by atoms with Gasteiger partial charge >= 0.3 is 0 Å². The number of hydrogen-bond donors (Lipinski definition) is 2. The molecule has 24 heavy (non-hydrogen) atoms. The normalized spacial score (nSPS) is 12.0. The zero-order valence-corrected chi connectivity index (χ0v) is 12.9. The first-order chi connectivity index (χ1) is 11.5. The minimum Gasteiger partial charge on any atom is -0.369 e. The van der Waals surface area contributed by atoms with Gasteiger partial charge in [0.05, 0.1) is 5.52 Å². The standard InChI is InChI=1S/C14H10N6O3S/c15-14-18-12-11(13(21)19-14)17-7-20(12)24(22,23)9-5-1-3-8-4-2-6-16-10(8)9/h1-7H,(H3,15,18,19,21). The molecule has 0 bridgehead atoms. The maximum absolute atomic E-state index is 13.0. The number of para-hydroxylation sites is 1. The molecule has 120 valence electrons. The van der Waals surface area contributed by atoms with Gasteiger partial charge in [-0.1, -0.05) is 18.2 Å². The van der Waals surface area contributed by atoms with Crippen molar-refractivity contribution in [3.05, 3.63) is 53.2 Å². The van der Waals surface area contributed by atoms with Gasteiger partial charge in [-0.05, 0) is 12.1 Å². The van der Waals surface area contributed by atoms with Gasteiger partial charge in [0.1, 0.15) is 11.2 Å². The van der Waals surface area contributed by atoms with E-state index in [1.54, 1.807) is 24.3 Å². The number of benzene rings is 1. The van der Waals surface area contributed by atoms with Crippen LogP contribution >= 0.6 is 0 Å². The largest absolute Gasteiger partial charge is 0.369 e. The van der Waals surface area contributed by atoms with Crippen molar-refractivity contribution in [2.45, 2.75) is 4.90 Å². The molecule has 9 nitrogen and oxygen atoms in total. The summed E-state index contributed by atoms with van der Waals surface area (Å²) in [5.41, 5.74) is 4.98. The highest BCUT2D eigenvalue weighted by Gasteiger charge is 2.24. The van der Waals surface area contributed by atoms with Crippen molar-refractivity contribution >= 4 is 38.0 Å². The molecule has 1 aromatic carbocycles. The second-order valence-corrected chi connectivity index (χ2v) is 6.78. The Morgan fingerprint density at radius 1 is 1.08 bits per heavy atom. The average molecular weight is 342 g/mol. The second kappa shape index (κ2) is 4.86. The third kappa shape index (κ3) is 1.97. The molecule has 0 aliphatic carbocycles. The smallest absolute Gasteiger partial charge is 0.280 e. The summed E-state index contributed by atoms with van der Waals surface area (Å²) in [6.45, 7) is 0. The summed E-state index contributed by atoms with van der Waals surface area (Å²) in [7, 11) is -4.06. The van der Waals surface area contributed by atoms with E-state index in [0.29, 0.717) is 10.9 Å². The minimum atomic E-state index is -4.06. The number of H-pyrrole nitrogens is 1. The van der Waals surface area contributed by atoms with Gasteiger partial charge in [-0.3, -0.25) is 14.8 Å². The maximum Gasteiger partial charge on any atom is 0.280 e. The summed E-state index contributed by atoms with van der Waals surface area (Å²) >= 11 is 0. The van der Waals surface area contributed by atoms with E-state index in [1.165, 1.54) is 12.3 Å². The van der Waals surface area contributed by atoms with Crippen LogP contribution in [0.1, 0.15) is 0 Å². The summed E-state index contributed by atoms with van der Waals surface area (Å²) in [5.74, 6) is -0.194. The van der Waals surface area contributed by atoms with Crippen LogP contribution in [0.5, 0.6) is 0 Å². The molecule has 4 rings (SSSR count). The van der Waals surface area contributed by atoms with Gasteiger partial charge in [-0.15, -0.1) is 0 Å². The lowest BCUT2D eigenvalue weighted by Crippen LogP contribution is -2.16. The van der Waals surface area contributed by atoms with Crippen LogP contribution in [0.25, 0.3) is 22.1 Å². The Morgan fingerprint density at radius 3 is 2.71 bits per heavy atom. The molecule has 0 atom stereocenters. The van der Waals surface area contributed by atoms with Gasteiger partial charge < -0.3 is 5.73 Å². The van der Waals surface area contributed by atoms with E-state index >= 15 is 0 Å². The van der Waals surface area contributed by atoms with Crippen LogP contribution in [0.15, 0.2) is 52.5 Å². The Hall–Kier alpha value is -3.27. The van der Waals surface area contributed by atoms with E-state index in [-0.39, 0.29) is 22.0 Å². The zero-order chi connectivity index (χ0) is 16.9. The van der Waals surface area contributed by atoms with Gasteiger partial charge in [-0.2, -0.15) is 4.98 Å². The highest BCUT2D eigenvalue weighted by molar-refractivity contribution is 7.90. The predicted octanol–water partition coefficient (Wildman–Crippen LogP) is 0.487. The number of anilines is 1. The van der Waals surface area contributed by atoms with E-state index in [9.17, 15) is 13.2 Å². The van der Waals surface area contributed by atoms with Crippen molar-refractivity contribution in [2.75, 3.05) is 5.73 Å².